The fraction of sp³-hybridized carbons (Fsp3) is 0.556. The fourth-order valence-electron chi connectivity index (χ4n) is 1.06. The lowest BCUT2D eigenvalue weighted by Crippen LogP contribution is -2.45. The zero-order valence-electron chi connectivity index (χ0n) is 8.77. The Bertz CT molecular complexity index is 303. The summed E-state index contributed by atoms with van der Waals surface area (Å²) < 4.78 is 4.72. The molecule has 0 spiro atoms. The van der Waals surface area contributed by atoms with Crippen LogP contribution >= 0.6 is 11.3 Å². The highest BCUT2D eigenvalue weighted by Crippen LogP contribution is 2.26. The smallest absolute Gasteiger partial charge is 0.416 e. The molecule has 0 saturated carbocycles. The van der Waals surface area contributed by atoms with E-state index in [2.05, 4.69) is 4.98 Å². The van der Waals surface area contributed by atoms with Crippen molar-refractivity contribution < 1.29 is 9.53 Å². The van der Waals surface area contributed by atoms with Crippen LogP contribution in [0.15, 0.2) is 11.6 Å². The molecule has 0 aliphatic carbocycles. The maximum Gasteiger partial charge on any atom is 0.416 e. The second-order valence-corrected chi connectivity index (χ2v) is 4.66. The third-order valence-corrected chi connectivity index (χ3v) is 2.40. The molecule has 0 saturated heterocycles. The van der Waals surface area contributed by atoms with E-state index in [-0.39, 0.29) is 11.6 Å². The SMILES string of the molecule is COC(=O)N(c1nccs1)C(C)(C)C. The highest BCUT2D eigenvalue weighted by Gasteiger charge is 2.30. The molecule has 14 heavy (non-hydrogen) atoms. The largest absolute Gasteiger partial charge is 0.452 e. The first-order valence-corrected chi connectivity index (χ1v) is 5.12. The van der Waals surface area contributed by atoms with Gasteiger partial charge in [-0.3, -0.25) is 0 Å². The molecular formula is C9H14N2O2S. The third kappa shape index (κ3) is 2.23. The molecule has 5 heteroatoms. The number of hydrogen-bond donors (Lipinski definition) is 0. The Morgan fingerprint density at radius 3 is 2.57 bits per heavy atom. The number of rotatable bonds is 1. The van der Waals surface area contributed by atoms with Crippen LogP contribution in [0.25, 0.3) is 0 Å². The Morgan fingerprint density at radius 1 is 1.57 bits per heavy atom. The molecule has 0 fully saturated rings. The van der Waals surface area contributed by atoms with Gasteiger partial charge in [0.25, 0.3) is 0 Å². The lowest BCUT2D eigenvalue weighted by atomic mass is 10.1. The molecule has 0 unspecified atom stereocenters. The van der Waals surface area contributed by atoms with Crippen molar-refractivity contribution in [1.82, 2.24) is 4.98 Å². The molecule has 4 nitrogen and oxygen atoms in total. The van der Waals surface area contributed by atoms with E-state index < -0.39 is 0 Å². The van der Waals surface area contributed by atoms with Gasteiger partial charge in [0.05, 0.1) is 7.11 Å². The zero-order valence-corrected chi connectivity index (χ0v) is 9.59. The maximum atomic E-state index is 11.5. The lowest BCUT2D eigenvalue weighted by molar-refractivity contribution is 0.172. The van der Waals surface area contributed by atoms with Crippen molar-refractivity contribution in [2.75, 3.05) is 12.0 Å². The molecule has 0 radical (unpaired) electrons. The second-order valence-electron chi connectivity index (χ2n) is 3.79. The van der Waals surface area contributed by atoms with Crippen molar-refractivity contribution in [3.05, 3.63) is 11.6 Å². The lowest BCUT2D eigenvalue weighted by Gasteiger charge is -2.31. The summed E-state index contributed by atoms with van der Waals surface area (Å²) in [6.07, 6.45) is 1.29. The number of ether oxygens (including phenoxy) is 1. The second kappa shape index (κ2) is 3.96. The first-order chi connectivity index (χ1) is 6.46. The van der Waals surface area contributed by atoms with E-state index in [1.165, 1.54) is 23.3 Å². The molecule has 0 aliphatic heterocycles. The average molecular weight is 214 g/mol. The number of amides is 1. The van der Waals surface area contributed by atoms with Gasteiger partial charge in [-0.1, -0.05) is 0 Å². The number of thiazole rings is 1. The molecule has 0 aliphatic rings. The van der Waals surface area contributed by atoms with E-state index in [9.17, 15) is 4.79 Å². The van der Waals surface area contributed by atoms with Crippen LogP contribution in [0.3, 0.4) is 0 Å². The van der Waals surface area contributed by atoms with Crippen molar-refractivity contribution in [1.29, 1.82) is 0 Å². The molecule has 78 valence electrons. The first kappa shape index (κ1) is 11.0. The van der Waals surface area contributed by atoms with Crippen molar-refractivity contribution >= 4 is 22.6 Å². The molecule has 1 aromatic rings. The molecule has 1 rings (SSSR count). The van der Waals surface area contributed by atoms with Crippen LogP contribution in [0.2, 0.25) is 0 Å². The number of carbonyl (C=O) groups is 1. The minimum Gasteiger partial charge on any atom is -0.452 e. The Hall–Kier alpha value is -1.10. The van der Waals surface area contributed by atoms with Crippen LogP contribution in [-0.4, -0.2) is 23.7 Å². The molecular weight excluding hydrogens is 200 g/mol. The summed E-state index contributed by atoms with van der Waals surface area (Å²) in [6, 6.07) is 0. The van der Waals surface area contributed by atoms with Crippen LogP contribution in [0, 0.1) is 0 Å². The van der Waals surface area contributed by atoms with Gasteiger partial charge in [-0.15, -0.1) is 11.3 Å². The Labute approximate surface area is 87.5 Å². The fourth-order valence-corrected chi connectivity index (χ4v) is 1.88. The summed E-state index contributed by atoms with van der Waals surface area (Å²) in [5.41, 5.74) is -0.328. The van der Waals surface area contributed by atoms with E-state index in [4.69, 9.17) is 4.74 Å². The van der Waals surface area contributed by atoms with E-state index in [0.29, 0.717) is 5.13 Å². The third-order valence-electron chi connectivity index (χ3n) is 1.64. The van der Waals surface area contributed by atoms with E-state index in [1.54, 1.807) is 6.20 Å². The molecule has 1 aromatic heterocycles. The predicted octanol–water partition coefficient (Wildman–Crippen LogP) is 2.51. The van der Waals surface area contributed by atoms with Gasteiger partial charge in [-0.2, -0.15) is 0 Å². The van der Waals surface area contributed by atoms with Gasteiger partial charge < -0.3 is 4.74 Å². The number of nitrogens with zero attached hydrogens (tertiary/aromatic N) is 2. The highest BCUT2D eigenvalue weighted by molar-refractivity contribution is 7.13. The summed E-state index contributed by atoms with van der Waals surface area (Å²) in [5, 5.41) is 2.49. The van der Waals surface area contributed by atoms with Crippen LogP contribution < -0.4 is 4.90 Å². The quantitative estimate of drug-likeness (QED) is 0.721. The minimum atomic E-state index is -0.382. The zero-order chi connectivity index (χ0) is 10.8. The minimum absolute atomic E-state index is 0.328. The van der Waals surface area contributed by atoms with Gasteiger partial charge in [0.15, 0.2) is 5.13 Å². The molecule has 0 N–H and O–H groups in total. The number of anilines is 1. The van der Waals surface area contributed by atoms with Crippen molar-refractivity contribution in [3.63, 3.8) is 0 Å². The van der Waals surface area contributed by atoms with Gasteiger partial charge in [-0.25, -0.2) is 14.7 Å². The van der Waals surface area contributed by atoms with Crippen molar-refractivity contribution in [2.24, 2.45) is 0 Å². The van der Waals surface area contributed by atoms with Gasteiger partial charge in [0.2, 0.25) is 0 Å². The molecule has 0 aromatic carbocycles. The first-order valence-electron chi connectivity index (χ1n) is 4.24. The van der Waals surface area contributed by atoms with E-state index >= 15 is 0 Å². The summed E-state index contributed by atoms with van der Waals surface area (Å²) in [5.74, 6) is 0. The standard InChI is InChI=1S/C9H14N2O2S/c1-9(2,3)11(8(12)13-4)7-10-5-6-14-7/h5-6H,1-4H3. The summed E-state index contributed by atoms with van der Waals surface area (Å²) in [6.45, 7) is 5.81. The van der Waals surface area contributed by atoms with E-state index in [1.807, 2.05) is 26.2 Å². The Morgan fingerprint density at radius 2 is 2.21 bits per heavy atom. The van der Waals surface area contributed by atoms with Gasteiger partial charge in [0, 0.05) is 17.1 Å². The van der Waals surface area contributed by atoms with Crippen LogP contribution in [-0.2, 0) is 4.74 Å². The van der Waals surface area contributed by atoms with E-state index in [0.717, 1.165) is 0 Å². The summed E-state index contributed by atoms with van der Waals surface area (Å²) >= 11 is 1.42. The molecule has 1 amide bonds. The maximum absolute atomic E-state index is 11.5. The van der Waals surface area contributed by atoms with Crippen LogP contribution in [0.5, 0.6) is 0 Å². The summed E-state index contributed by atoms with van der Waals surface area (Å²) in [4.78, 5) is 17.2. The van der Waals surface area contributed by atoms with Crippen molar-refractivity contribution in [3.8, 4) is 0 Å². The van der Waals surface area contributed by atoms with Gasteiger partial charge in [0.1, 0.15) is 0 Å². The topological polar surface area (TPSA) is 42.4 Å². The number of methoxy groups -OCH3 is 1. The van der Waals surface area contributed by atoms with Crippen molar-refractivity contribution in [2.45, 2.75) is 26.3 Å². The van der Waals surface area contributed by atoms with Gasteiger partial charge in [-0.05, 0) is 20.8 Å². The molecule has 1 heterocycles. The summed E-state index contributed by atoms with van der Waals surface area (Å²) in [7, 11) is 1.37. The highest BCUT2D eigenvalue weighted by atomic mass is 32.1. The number of hydrogen-bond acceptors (Lipinski definition) is 4. The average Bonchev–Trinajstić information content (AvgIpc) is 2.54. The van der Waals surface area contributed by atoms with Gasteiger partial charge >= 0.3 is 6.09 Å². The monoisotopic (exact) mass is 214 g/mol. The normalized spacial score (nSPS) is 11.1. The number of carbonyl (C=O) groups excluding carboxylic acids is 1. The Balaban J connectivity index is 3.01. The Kier molecular flexibility index (Phi) is 3.10. The predicted molar refractivity (Wildman–Crippen MR) is 56.8 cm³/mol. The van der Waals surface area contributed by atoms with Crippen LogP contribution in [0.1, 0.15) is 20.8 Å². The molecule has 0 atom stereocenters. The van der Waals surface area contributed by atoms with Crippen LogP contribution in [0.4, 0.5) is 9.93 Å². The number of aromatic nitrogens is 1. The molecule has 0 bridgehead atoms.